The van der Waals surface area contributed by atoms with Crippen molar-refractivity contribution >= 4 is 11.1 Å². The molecule has 138 valence electrons. The van der Waals surface area contributed by atoms with Crippen LogP contribution in [-0.2, 0) is 6.54 Å². The van der Waals surface area contributed by atoms with Crippen LogP contribution in [0.15, 0.2) is 95.7 Å². The van der Waals surface area contributed by atoms with Crippen molar-refractivity contribution in [2.75, 3.05) is 0 Å². The standard InChI is InChI=1S/C25H17N3O/c1-2-6-20(7-3-1)17-28-18-21(16-26-28)11-10-19-12-14-22(15-13-19)25-27-23-8-4-5-9-24(23)29-25/h1-9,12-16,18H,17H2. The highest BCUT2D eigenvalue weighted by atomic mass is 16.3. The summed E-state index contributed by atoms with van der Waals surface area (Å²) < 4.78 is 7.72. The summed E-state index contributed by atoms with van der Waals surface area (Å²) in [4.78, 5) is 4.53. The lowest BCUT2D eigenvalue weighted by molar-refractivity contribution is 0.620. The van der Waals surface area contributed by atoms with E-state index in [0.717, 1.165) is 34.3 Å². The number of hydrogen-bond donors (Lipinski definition) is 0. The highest BCUT2D eigenvalue weighted by molar-refractivity contribution is 5.76. The van der Waals surface area contributed by atoms with Crippen molar-refractivity contribution in [3.05, 3.63) is 108 Å². The second-order valence-corrected chi connectivity index (χ2v) is 6.73. The third-order valence-electron chi connectivity index (χ3n) is 4.60. The number of nitrogens with zero attached hydrogens (tertiary/aromatic N) is 3. The largest absolute Gasteiger partial charge is 0.436 e. The van der Waals surface area contributed by atoms with E-state index in [-0.39, 0.29) is 0 Å². The molecule has 0 spiro atoms. The lowest BCUT2D eigenvalue weighted by Gasteiger charge is -2.00. The predicted octanol–water partition coefficient (Wildman–Crippen LogP) is 5.14. The molecule has 4 nitrogen and oxygen atoms in total. The average molecular weight is 375 g/mol. The molecule has 0 saturated heterocycles. The van der Waals surface area contributed by atoms with E-state index < -0.39 is 0 Å². The van der Waals surface area contributed by atoms with Crippen LogP contribution < -0.4 is 0 Å². The molecule has 0 atom stereocenters. The smallest absolute Gasteiger partial charge is 0.227 e. The predicted molar refractivity (Wildman–Crippen MR) is 113 cm³/mol. The molecule has 0 radical (unpaired) electrons. The van der Waals surface area contributed by atoms with Crippen molar-refractivity contribution < 1.29 is 4.42 Å². The summed E-state index contributed by atoms with van der Waals surface area (Å²) >= 11 is 0. The molecule has 0 bridgehead atoms. The zero-order valence-electron chi connectivity index (χ0n) is 15.6. The normalized spacial score (nSPS) is 10.6. The van der Waals surface area contributed by atoms with E-state index in [4.69, 9.17) is 4.42 Å². The summed E-state index contributed by atoms with van der Waals surface area (Å²) in [5, 5.41) is 4.39. The fourth-order valence-electron chi connectivity index (χ4n) is 3.12. The maximum atomic E-state index is 5.82. The molecule has 0 saturated carbocycles. The van der Waals surface area contributed by atoms with Crippen LogP contribution in [-0.4, -0.2) is 14.8 Å². The Morgan fingerprint density at radius 1 is 0.793 bits per heavy atom. The summed E-state index contributed by atoms with van der Waals surface area (Å²) in [6.45, 7) is 0.738. The minimum Gasteiger partial charge on any atom is -0.436 e. The first-order valence-electron chi connectivity index (χ1n) is 9.38. The van der Waals surface area contributed by atoms with Gasteiger partial charge in [-0.25, -0.2) is 4.98 Å². The first kappa shape index (κ1) is 17.0. The van der Waals surface area contributed by atoms with Crippen LogP contribution in [0.1, 0.15) is 16.7 Å². The van der Waals surface area contributed by atoms with Crippen molar-refractivity contribution in [1.82, 2.24) is 14.8 Å². The minimum absolute atomic E-state index is 0.618. The molecule has 5 aromatic rings. The number of benzene rings is 3. The highest BCUT2D eigenvalue weighted by Gasteiger charge is 2.07. The van der Waals surface area contributed by atoms with Gasteiger partial charge in [-0.3, -0.25) is 4.68 Å². The molecule has 5 rings (SSSR count). The maximum Gasteiger partial charge on any atom is 0.227 e. The zero-order chi connectivity index (χ0) is 19.5. The molecule has 0 unspecified atom stereocenters. The topological polar surface area (TPSA) is 43.9 Å². The number of aromatic nitrogens is 3. The second-order valence-electron chi connectivity index (χ2n) is 6.73. The molecule has 0 amide bonds. The van der Waals surface area contributed by atoms with Crippen LogP contribution in [0.5, 0.6) is 0 Å². The number of rotatable bonds is 3. The van der Waals surface area contributed by atoms with Gasteiger partial charge in [0.25, 0.3) is 0 Å². The van der Waals surface area contributed by atoms with Crippen LogP contribution in [0.25, 0.3) is 22.6 Å². The van der Waals surface area contributed by atoms with Gasteiger partial charge >= 0.3 is 0 Å². The second kappa shape index (κ2) is 7.49. The Hall–Kier alpha value is -4.10. The first-order valence-corrected chi connectivity index (χ1v) is 9.38. The van der Waals surface area contributed by atoms with Crippen molar-refractivity contribution in [1.29, 1.82) is 0 Å². The number of hydrogen-bond acceptors (Lipinski definition) is 3. The van der Waals surface area contributed by atoms with Crippen molar-refractivity contribution in [3.63, 3.8) is 0 Å². The van der Waals surface area contributed by atoms with Gasteiger partial charge in [0, 0.05) is 17.3 Å². The summed E-state index contributed by atoms with van der Waals surface area (Å²) in [5.74, 6) is 6.98. The van der Waals surface area contributed by atoms with E-state index in [1.165, 1.54) is 5.56 Å². The van der Waals surface area contributed by atoms with Crippen LogP contribution in [0.3, 0.4) is 0 Å². The van der Waals surface area contributed by atoms with Gasteiger partial charge in [-0.05, 0) is 42.0 Å². The van der Waals surface area contributed by atoms with E-state index in [2.05, 4.69) is 34.1 Å². The van der Waals surface area contributed by atoms with E-state index >= 15 is 0 Å². The molecule has 29 heavy (non-hydrogen) atoms. The summed E-state index contributed by atoms with van der Waals surface area (Å²) in [5.41, 5.74) is 5.62. The van der Waals surface area contributed by atoms with E-state index in [9.17, 15) is 0 Å². The lowest BCUT2D eigenvalue weighted by Crippen LogP contribution is -1.99. The molecular formula is C25H17N3O. The SMILES string of the molecule is C(#Cc1cnn(Cc2ccccc2)c1)c1ccc(-c2nc3ccccc3o2)cc1. The Morgan fingerprint density at radius 3 is 2.38 bits per heavy atom. The van der Waals surface area contributed by atoms with Crippen LogP contribution in [0.4, 0.5) is 0 Å². The molecular weight excluding hydrogens is 358 g/mol. The van der Waals surface area contributed by atoms with Gasteiger partial charge in [-0.15, -0.1) is 0 Å². The Labute approximate surface area is 168 Å². The number of fused-ring (bicyclic) bond motifs is 1. The molecule has 2 aromatic heterocycles. The molecule has 4 heteroatoms. The van der Waals surface area contributed by atoms with Crippen LogP contribution in [0.2, 0.25) is 0 Å². The van der Waals surface area contributed by atoms with E-state index in [1.54, 1.807) is 6.20 Å². The average Bonchev–Trinajstić information content (AvgIpc) is 3.40. The van der Waals surface area contributed by atoms with Crippen molar-refractivity contribution in [2.45, 2.75) is 6.54 Å². The Kier molecular flexibility index (Phi) is 4.40. The summed E-state index contributed by atoms with van der Waals surface area (Å²) in [6.07, 6.45) is 3.76. The highest BCUT2D eigenvalue weighted by Crippen LogP contribution is 2.24. The number of para-hydroxylation sites is 2. The van der Waals surface area contributed by atoms with Gasteiger partial charge in [-0.2, -0.15) is 5.10 Å². The Balaban J connectivity index is 1.31. The monoisotopic (exact) mass is 375 g/mol. The van der Waals surface area contributed by atoms with E-state index in [1.807, 2.05) is 77.6 Å². The van der Waals surface area contributed by atoms with Crippen molar-refractivity contribution in [3.8, 4) is 23.3 Å². The van der Waals surface area contributed by atoms with Gasteiger partial charge in [0.15, 0.2) is 5.58 Å². The third-order valence-corrected chi connectivity index (χ3v) is 4.60. The molecule has 0 aliphatic rings. The quantitative estimate of drug-likeness (QED) is 0.410. The molecule has 3 aromatic carbocycles. The minimum atomic E-state index is 0.618. The molecule has 0 N–H and O–H groups in total. The van der Waals surface area contributed by atoms with Gasteiger partial charge < -0.3 is 4.42 Å². The molecule has 0 aliphatic carbocycles. The lowest BCUT2D eigenvalue weighted by atomic mass is 10.1. The fraction of sp³-hybridized carbons (Fsp3) is 0.0400. The van der Waals surface area contributed by atoms with Gasteiger partial charge in [0.2, 0.25) is 5.89 Å². The zero-order valence-corrected chi connectivity index (χ0v) is 15.6. The summed E-state index contributed by atoms with van der Waals surface area (Å²) in [7, 11) is 0. The third kappa shape index (κ3) is 3.80. The van der Waals surface area contributed by atoms with Gasteiger partial charge in [0.05, 0.1) is 18.3 Å². The Bertz CT molecular complexity index is 1290. The van der Waals surface area contributed by atoms with Crippen LogP contribution >= 0.6 is 0 Å². The summed E-state index contributed by atoms with van der Waals surface area (Å²) in [6, 6.07) is 25.9. The van der Waals surface area contributed by atoms with E-state index in [0.29, 0.717) is 5.89 Å². The fourth-order valence-corrected chi connectivity index (χ4v) is 3.12. The molecule has 0 aliphatic heterocycles. The maximum absolute atomic E-state index is 5.82. The first-order chi connectivity index (χ1) is 14.3. The number of oxazole rings is 1. The van der Waals surface area contributed by atoms with Gasteiger partial charge in [-0.1, -0.05) is 54.3 Å². The Morgan fingerprint density at radius 2 is 1.55 bits per heavy atom. The van der Waals surface area contributed by atoms with Crippen molar-refractivity contribution in [2.24, 2.45) is 0 Å². The van der Waals surface area contributed by atoms with Gasteiger partial charge in [0.1, 0.15) is 5.52 Å². The molecule has 0 fully saturated rings. The molecule has 2 heterocycles. The van der Waals surface area contributed by atoms with Crippen LogP contribution in [0, 0.1) is 11.8 Å².